The second-order valence-corrected chi connectivity index (χ2v) is 3.60. The minimum Gasteiger partial charge on any atom is -0.504 e. The van der Waals surface area contributed by atoms with Gasteiger partial charge in [0.1, 0.15) is 0 Å². The fourth-order valence-electron chi connectivity index (χ4n) is 1.12. The number of hydrogen-bond donors (Lipinski definition) is 2. The lowest BCUT2D eigenvalue weighted by molar-refractivity contribution is 0.406. The van der Waals surface area contributed by atoms with Crippen LogP contribution >= 0.6 is 11.3 Å². The second kappa shape index (κ2) is 2.74. The fourth-order valence-corrected chi connectivity index (χ4v) is 1.94. The number of rotatable bonds is 0. The topological polar surface area (TPSA) is 57.5 Å². The Bertz CT molecular complexity index is 516. The fraction of sp³-hybridized carbons (Fsp3) is 0. The SMILES string of the molecule is O=c1sc2ccccc2c(O)c1O. The summed E-state index contributed by atoms with van der Waals surface area (Å²) >= 11 is 0.917. The second-order valence-electron chi connectivity index (χ2n) is 2.58. The first-order chi connectivity index (χ1) is 6.20. The van der Waals surface area contributed by atoms with Crippen molar-refractivity contribution in [1.29, 1.82) is 0 Å². The molecule has 0 bridgehead atoms. The highest BCUT2D eigenvalue weighted by molar-refractivity contribution is 7.16. The molecule has 1 aromatic carbocycles. The van der Waals surface area contributed by atoms with Crippen LogP contribution in [0.1, 0.15) is 0 Å². The Morgan fingerprint density at radius 1 is 1.08 bits per heavy atom. The molecule has 0 radical (unpaired) electrons. The average Bonchev–Trinajstić information content (AvgIpc) is 2.15. The smallest absolute Gasteiger partial charge is 0.278 e. The van der Waals surface area contributed by atoms with Crippen LogP contribution in [-0.4, -0.2) is 10.2 Å². The highest BCUT2D eigenvalue weighted by Crippen LogP contribution is 2.31. The van der Waals surface area contributed by atoms with Crippen molar-refractivity contribution in [1.82, 2.24) is 0 Å². The molecule has 0 atom stereocenters. The number of benzene rings is 1. The van der Waals surface area contributed by atoms with Gasteiger partial charge in [-0.25, -0.2) is 0 Å². The first-order valence-electron chi connectivity index (χ1n) is 3.64. The summed E-state index contributed by atoms with van der Waals surface area (Å²) in [7, 11) is 0. The standard InChI is InChI=1S/C9H6O3S/c10-7-5-3-1-2-4-6(5)13-9(12)8(7)11/h1-4,10-11H. The van der Waals surface area contributed by atoms with Crippen molar-refractivity contribution in [2.75, 3.05) is 0 Å². The molecule has 0 aliphatic rings. The van der Waals surface area contributed by atoms with Crippen molar-refractivity contribution in [3.63, 3.8) is 0 Å². The van der Waals surface area contributed by atoms with E-state index < -0.39 is 10.5 Å². The molecular weight excluding hydrogens is 188 g/mol. The normalized spacial score (nSPS) is 10.5. The number of aromatic hydroxyl groups is 2. The molecule has 0 saturated carbocycles. The van der Waals surface area contributed by atoms with E-state index in [0.717, 1.165) is 11.3 Å². The molecule has 2 N–H and O–H groups in total. The molecule has 0 aliphatic carbocycles. The quantitative estimate of drug-likeness (QED) is 0.670. The van der Waals surface area contributed by atoms with Crippen LogP contribution in [-0.2, 0) is 0 Å². The zero-order chi connectivity index (χ0) is 9.42. The molecule has 0 spiro atoms. The maximum absolute atomic E-state index is 11.1. The van der Waals surface area contributed by atoms with Crippen LogP contribution in [0.2, 0.25) is 0 Å². The largest absolute Gasteiger partial charge is 0.504 e. The van der Waals surface area contributed by atoms with Crippen LogP contribution in [0.25, 0.3) is 10.1 Å². The van der Waals surface area contributed by atoms with Crippen LogP contribution in [0.15, 0.2) is 29.1 Å². The van der Waals surface area contributed by atoms with Gasteiger partial charge >= 0.3 is 0 Å². The summed E-state index contributed by atoms with van der Waals surface area (Å²) in [6, 6.07) is 6.88. The van der Waals surface area contributed by atoms with Gasteiger partial charge in [0.2, 0.25) is 5.75 Å². The molecule has 0 aliphatic heterocycles. The van der Waals surface area contributed by atoms with Crippen LogP contribution in [0, 0.1) is 0 Å². The molecule has 4 heteroatoms. The Hall–Kier alpha value is -1.55. The van der Waals surface area contributed by atoms with E-state index in [2.05, 4.69) is 0 Å². The van der Waals surface area contributed by atoms with Crippen molar-refractivity contribution in [2.24, 2.45) is 0 Å². The summed E-state index contributed by atoms with van der Waals surface area (Å²) < 4.78 is 0.152. The first kappa shape index (κ1) is 8.07. The van der Waals surface area contributed by atoms with Crippen LogP contribution in [0.3, 0.4) is 0 Å². The van der Waals surface area contributed by atoms with Gasteiger partial charge in [0, 0.05) is 10.1 Å². The molecule has 0 amide bonds. The van der Waals surface area contributed by atoms with Gasteiger partial charge < -0.3 is 10.2 Å². The summed E-state index contributed by atoms with van der Waals surface area (Å²) in [6.07, 6.45) is 0. The molecule has 1 heterocycles. The molecule has 2 aromatic rings. The molecule has 1 aromatic heterocycles. The molecule has 3 nitrogen and oxygen atoms in total. The zero-order valence-corrected chi connectivity index (χ0v) is 7.34. The van der Waals surface area contributed by atoms with Gasteiger partial charge in [-0.2, -0.15) is 0 Å². The lowest BCUT2D eigenvalue weighted by Crippen LogP contribution is -1.93. The van der Waals surface area contributed by atoms with Gasteiger partial charge in [-0.05, 0) is 12.1 Å². The van der Waals surface area contributed by atoms with Crippen molar-refractivity contribution in [2.45, 2.75) is 0 Å². The predicted molar refractivity (Wildman–Crippen MR) is 51.4 cm³/mol. The summed E-state index contributed by atoms with van der Waals surface area (Å²) in [4.78, 5) is 11.1. The molecular formula is C9H6O3S. The summed E-state index contributed by atoms with van der Waals surface area (Å²) in [6.45, 7) is 0. The number of fused-ring (bicyclic) bond motifs is 1. The van der Waals surface area contributed by atoms with Crippen molar-refractivity contribution < 1.29 is 10.2 Å². The summed E-state index contributed by atoms with van der Waals surface area (Å²) in [5.41, 5.74) is 0. The van der Waals surface area contributed by atoms with Gasteiger partial charge in [-0.15, -0.1) is 0 Å². The molecule has 0 unspecified atom stereocenters. The van der Waals surface area contributed by atoms with Gasteiger partial charge in [0.05, 0.1) is 0 Å². The Balaban J connectivity index is 3.02. The molecule has 66 valence electrons. The molecule has 0 saturated heterocycles. The van der Waals surface area contributed by atoms with Crippen molar-refractivity contribution >= 4 is 21.4 Å². The van der Waals surface area contributed by atoms with E-state index in [1.54, 1.807) is 24.3 Å². The van der Waals surface area contributed by atoms with Crippen LogP contribution < -0.4 is 4.74 Å². The maximum atomic E-state index is 11.1. The predicted octanol–water partition coefficient (Wildman–Crippen LogP) is 1.67. The lowest BCUT2D eigenvalue weighted by Gasteiger charge is -1.99. The van der Waals surface area contributed by atoms with E-state index in [4.69, 9.17) is 5.11 Å². The van der Waals surface area contributed by atoms with Crippen LogP contribution in [0.4, 0.5) is 0 Å². The van der Waals surface area contributed by atoms with E-state index in [1.807, 2.05) is 0 Å². The first-order valence-corrected chi connectivity index (χ1v) is 4.45. The third-order valence-electron chi connectivity index (χ3n) is 1.76. The highest BCUT2D eigenvalue weighted by Gasteiger charge is 2.09. The van der Waals surface area contributed by atoms with Gasteiger partial charge in [0.15, 0.2) is 5.75 Å². The third-order valence-corrected chi connectivity index (χ3v) is 2.72. The van der Waals surface area contributed by atoms with E-state index in [-0.39, 0.29) is 5.75 Å². The van der Waals surface area contributed by atoms with E-state index in [0.29, 0.717) is 10.1 Å². The minimum atomic E-state index is -0.566. The number of hydrogen-bond acceptors (Lipinski definition) is 4. The van der Waals surface area contributed by atoms with Gasteiger partial charge in [0.25, 0.3) is 4.74 Å². The molecule has 2 rings (SSSR count). The lowest BCUT2D eigenvalue weighted by atomic mass is 10.2. The van der Waals surface area contributed by atoms with E-state index in [9.17, 15) is 9.90 Å². The highest BCUT2D eigenvalue weighted by atomic mass is 32.1. The third kappa shape index (κ3) is 1.15. The molecule has 13 heavy (non-hydrogen) atoms. The molecule has 0 fully saturated rings. The van der Waals surface area contributed by atoms with Crippen LogP contribution in [0.5, 0.6) is 11.5 Å². The zero-order valence-electron chi connectivity index (χ0n) is 6.52. The Kier molecular flexibility index (Phi) is 1.70. The van der Waals surface area contributed by atoms with Crippen molar-refractivity contribution in [3.05, 3.63) is 33.8 Å². The van der Waals surface area contributed by atoms with Crippen molar-refractivity contribution in [3.8, 4) is 11.5 Å². The maximum Gasteiger partial charge on any atom is 0.278 e. The monoisotopic (exact) mass is 194 g/mol. The summed E-state index contributed by atoms with van der Waals surface area (Å²) in [5, 5.41) is 19.1. The van der Waals surface area contributed by atoms with Gasteiger partial charge in [-0.3, -0.25) is 4.79 Å². The van der Waals surface area contributed by atoms with E-state index in [1.165, 1.54) is 0 Å². The van der Waals surface area contributed by atoms with E-state index >= 15 is 0 Å². The Labute approximate surface area is 77.5 Å². The minimum absolute atomic E-state index is 0.334. The average molecular weight is 194 g/mol. The Morgan fingerprint density at radius 2 is 1.77 bits per heavy atom. The van der Waals surface area contributed by atoms with Gasteiger partial charge in [-0.1, -0.05) is 23.5 Å². The Morgan fingerprint density at radius 3 is 2.54 bits per heavy atom. The summed E-state index contributed by atoms with van der Waals surface area (Å²) in [5.74, 6) is -0.900.